The van der Waals surface area contributed by atoms with Crippen LogP contribution in [-0.2, 0) is 9.59 Å². The van der Waals surface area contributed by atoms with Crippen LogP contribution in [-0.4, -0.2) is 28.6 Å². The zero-order valence-electron chi connectivity index (χ0n) is 9.66. The second-order valence-electron chi connectivity index (χ2n) is 4.61. The molecule has 0 spiro atoms. The summed E-state index contributed by atoms with van der Waals surface area (Å²) >= 11 is 0. The minimum absolute atomic E-state index is 0.233. The number of carboxylic acids is 1. The van der Waals surface area contributed by atoms with Crippen molar-refractivity contribution in [2.75, 3.05) is 0 Å². The van der Waals surface area contributed by atoms with E-state index in [1.807, 2.05) is 0 Å². The van der Waals surface area contributed by atoms with Crippen LogP contribution in [0, 0.1) is 0 Å². The zero-order chi connectivity index (χ0) is 12.2. The van der Waals surface area contributed by atoms with Crippen molar-refractivity contribution in [2.45, 2.75) is 57.0 Å². The molecule has 0 aliphatic heterocycles. The van der Waals surface area contributed by atoms with E-state index in [1.165, 1.54) is 0 Å². The largest absolute Gasteiger partial charge is 0.480 e. The molecule has 0 radical (unpaired) electrons. The first-order valence-electron chi connectivity index (χ1n) is 5.78. The van der Waals surface area contributed by atoms with Gasteiger partial charge in [0.15, 0.2) is 0 Å². The summed E-state index contributed by atoms with van der Waals surface area (Å²) in [6, 6.07) is -0.794. The van der Waals surface area contributed by atoms with Crippen molar-refractivity contribution in [2.24, 2.45) is 5.73 Å². The number of hydrogen-bond donors (Lipinski definition) is 3. The summed E-state index contributed by atoms with van der Waals surface area (Å²) in [5, 5.41) is 11.3. The van der Waals surface area contributed by atoms with E-state index in [9.17, 15) is 9.59 Å². The second kappa shape index (κ2) is 5.30. The first-order chi connectivity index (χ1) is 7.47. The number of nitrogens with two attached hydrogens (primary N) is 1. The van der Waals surface area contributed by atoms with E-state index in [0.29, 0.717) is 6.42 Å². The van der Waals surface area contributed by atoms with E-state index in [2.05, 4.69) is 5.32 Å². The monoisotopic (exact) mass is 228 g/mol. The highest BCUT2D eigenvalue weighted by molar-refractivity contribution is 5.84. The first-order valence-corrected chi connectivity index (χ1v) is 5.78. The number of hydrogen-bond acceptors (Lipinski definition) is 3. The molecule has 92 valence electrons. The summed E-state index contributed by atoms with van der Waals surface area (Å²) < 4.78 is 0. The Hall–Kier alpha value is -1.10. The average Bonchev–Trinajstić information content (AvgIpc) is 2.60. The van der Waals surface area contributed by atoms with Crippen LogP contribution in [0.3, 0.4) is 0 Å². The van der Waals surface area contributed by atoms with E-state index >= 15 is 0 Å². The minimum atomic E-state index is -0.992. The maximum absolute atomic E-state index is 11.6. The Balaban J connectivity index is 2.43. The molecule has 4 N–H and O–H groups in total. The molecule has 1 amide bonds. The number of amides is 1. The van der Waals surface area contributed by atoms with Crippen molar-refractivity contribution in [1.82, 2.24) is 5.32 Å². The molecule has 16 heavy (non-hydrogen) atoms. The highest BCUT2D eigenvalue weighted by Gasteiger charge is 2.32. The molecule has 1 saturated carbocycles. The van der Waals surface area contributed by atoms with Gasteiger partial charge in [-0.3, -0.25) is 4.79 Å². The minimum Gasteiger partial charge on any atom is -0.480 e. The maximum atomic E-state index is 11.6. The molecule has 5 heteroatoms. The topological polar surface area (TPSA) is 92.4 Å². The standard InChI is InChI=1S/C11H20N2O3/c1-2-8(10(15)16)13-9(14)7-11(12)5-3-4-6-11/h8H,2-7,12H2,1H3,(H,13,14)(H,15,16)/t8-/m0/s1. The third-order valence-electron chi connectivity index (χ3n) is 3.15. The Morgan fingerprint density at radius 2 is 2.00 bits per heavy atom. The van der Waals surface area contributed by atoms with Crippen LogP contribution in [0.4, 0.5) is 0 Å². The fourth-order valence-corrected chi connectivity index (χ4v) is 2.16. The first kappa shape index (κ1) is 13.0. The van der Waals surface area contributed by atoms with Gasteiger partial charge >= 0.3 is 5.97 Å². The highest BCUT2D eigenvalue weighted by atomic mass is 16.4. The van der Waals surface area contributed by atoms with Crippen molar-refractivity contribution in [3.63, 3.8) is 0 Å². The number of rotatable bonds is 5. The number of carbonyl (C=O) groups is 2. The summed E-state index contributed by atoms with van der Waals surface area (Å²) in [5.74, 6) is -1.24. The third-order valence-corrected chi connectivity index (χ3v) is 3.15. The molecule has 1 aliphatic carbocycles. The second-order valence-corrected chi connectivity index (χ2v) is 4.61. The van der Waals surface area contributed by atoms with E-state index in [1.54, 1.807) is 6.92 Å². The molecule has 1 atom stereocenters. The van der Waals surface area contributed by atoms with Gasteiger partial charge in [-0.2, -0.15) is 0 Å². The van der Waals surface area contributed by atoms with Crippen LogP contribution in [0.2, 0.25) is 0 Å². The summed E-state index contributed by atoms with van der Waals surface area (Å²) in [5.41, 5.74) is 5.63. The number of carbonyl (C=O) groups excluding carboxylic acids is 1. The molecular formula is C11H20N2O3. The molecule has 0 aromatic rings. The third kappa shape index (κ3) is 3.48. The lowest BCUT2D eigenvalue weighted by Crippen LogP contribution is -2.46. The highest BCUT2D eigenvalue weighted by Crippen LogP contribution is 2.29. The summed E-state index contributed by atoms with van der Waals surface area (Å²) in [4.78, 5) is 22.4. The molecule has 1 fully saturated rings. The predicted octanol–water partition coefficient (Wildman–Crippen LogP) is 0.627. The molecule has 0 saturated heterocycles. The summed E-state index contributed by atoms with van der Waals surface area (Å²) in [7, 11) is 0. The van der Waals surface area contributed by atoms with Crippen LogP contribution in [0.5, 0.6) is 0 Å². The van der Waals surface area contributed by atoms with E-state index < -0.39 is 17.6 Å². The lowest BCUT2D eigenvalue weighted by molar-refractivity contribution is -0.142. The fraction of sp³-hybridized carbons (Fsp3) is 0.818. The van der Waals surface area contributed by atoms with Gasteiger partial charge in [-0.15, -0.1) is 0 Å². The Morgan fingerprint density at radius 3 is 2.44 bits per heavy atom. The van der Waals surface area contributed by atoms with Crippen molar-refractivity contribution < 1.29 is 14.7 Å². The van der Waals surface area contributed by atoms with Crippen molar-refractivity contribution >= 4 is 11.9 Å². The Morgan fingerprint density at radius 1 is 1.44 bits per heavy atom. The number of aliphatic carboxylic acids is 1. The molecule has 1 aliphatic rings. The Labute approximate surface area is 95.4 Å². The maximum Gasteiger partial charge on any atom is 0.326 e. The average molecular weight is 228 g/mol. The van der Waals surface area contributed by atoms with Gasteiger partial charge < -0.3 is 16.2 Å². The summed E-state index contributed by atoms with van der Waals surface area (Å²) in [6.07, 6.45) is 4.43. The van der Waals surface area contributed by atoms with Gasteiger partial charge in [-0.05, 0) is 19.3 Å². The van der Waals surface area contributed by atoms with Gasteiger partial charge in [0.1, 0.15) is 6.04 Å². The van der Waals surface area contributed by atoms with Gasteiger partial charge in [-0.1, -0.05) is 19.8 Å². The SMILES string of the molecule is CC[C@H](NC(=O)CC1(N)CCCC1)C(=O)O. The van der Waals surface area contributed by atoms with Crippen molar-refractivity contribution in [3.8, 4) is 0 Å². The quantitative estimate of drug-likeness (QED) is 0.643. The van der Waals surface area contributed by atoms with Crippen LogP contribution >= 0.6 is 0 Å². The molecular weight excluding hydrogens is 208 g/mol. The number of carboxylic acid groups (broad SMARTS) is 1. The van der Waals surface area contributed by atoms with Gasteiger partial charge in [0.2, 0.25) is 5.91 Å². The van der Waals surface area contributed by atoms with Crippen LogP contribution in [0.15, 0.2) is 0 Å². The lowest BCUT2D eigenvalue weighted by atomic mass is 9.94. The van der Waals surface area contributed by atoms with Gasteiger partial charge in [0, 0.05) is 12.0 Å². The number of nitrogens with one attached hydrogen (secondary N) is 1. The molecule has 0 bridgehead atoms. The normalized spacial score (nSPS) is 20.4. The molecule has 1 rings (SSSR count). The molecule has 0 unspecified atom stereocenters. The van der Waals surface area contributed by atoms with E-state index in [0.717, 1.165) is 25.7 Å². The summed E-state index contributed by atoms with van der Waals surface area (Å²) in [6.45, 7) is 1.73. The van der Waals surface area contributed by atoms with Crippen molar-refractivity contribution in [1.29, 1.82) is 0 Å². The van der Waals surface area contributed by atoms with Crippen LogP contribution < -0.4 is 11.1 Å². The van der Waals surface area contributed by atoms with Gasteiger partial charge in [-0.25, -0.2) is 4.79 Å². The fourth-order valence-electron chi connectivity index (χ4n) is 2.16. The Kier molecular flexibility index (Phi) is 4.29. The lowest BCUT2D eigenvalue weighted by Gasteiger charge is -2.23. The van der Waals surface area contributed by atoms with Crippen molar-refractivity contribution in [3.05, 3.63) is 0 Å². The van der Waals surface area contributed by atoms with Crippen LogP contribution in [0.25, 0.3) is 0 Å². The molecule has 0 aromatic carbocycles. The molecule has 0 aromatic heterocycles. The van der Waals surface area contributed by atoms with E-state index in [4.69, 9.17) is 10.8 Å². The van der Waals surface area contributed by atoms with Gasteiger partial charge in [0.25, 0.3) is 0 Å². The molecule has 5 nitrogen and oxygen atoms in total. The predicted molar refractivity (Wildman–Crippen MR) is 59.9 cm³/mol. The van der Waals surface area contributed by atoms with E-state index in [-0.39, 0.29) is 12.3 Å². The zero-order valence-corrected chi connectivity index (χ0v) is 9.66. The van der Waals surface area contributed by atoms with Gasteiger partial charge in [0.05, 0.1) is 0 Å². The molecule has 0 heterocycles. The Bertz CT molecular complexity index is 272. The smallest absolute Gasteiger partial charge is 0.326 e. The van der Waals surface area contributed by atoms with Crippen LogP contribution in [0.1, 0.15) is 45.4 Å².